The smallest absolute Gasteiger partial charge is 0.0726 e. The predicted octanol–water partition coefficient (Wildman–Crippen LogP) is 16.5. The van der Waals surface area contributed by atoms with Crippen molar-refractivity contribution in [2.24, 2.45) is 0 Å². The minimum absolute atomic E-state index is 0.557. The van der Waals surface area contributed by atoms with Crippen LogP contribution in [0.15, 0.2) is 206 Å². The van der Waals surface area contributed by atoms with Crippen LogP contribution >= 0.6 is 0 Å². The van der Waals surface area contributed by atoms with Gasteiger partial charge in [0.1, 0.15) is 0 Å². The van der Waals surface area contributed by atoms with Gasteiger partial charge in [0.2, 0.25) is 0 Å². The molecule has 0 unspecified atom stereocenters. The Morgan fingerprint density at radius 2 is 0.810 bits per heavy atom. The van der Waals surface area contributed by atoms with Crippen LogP contribution in [0.5, 0.6) is 0 Å². The lowest BCUT2D eigenvalue weighted by atomic mass is 9.70. The molecule has 2 heteroatoms. The molecule has 300 valence electrons. The standard InChI is InChI=1S/C61H46N2/c1-39-29-40(2)32-48(31-39)62(45-17-7-5-8-18-45)47-28-27-43-36-54-57(37-44(43)35-47)61(55-25-15-13-21-50(55)51-22-14-16-26-56(51)61)58-38-59(52-23-11-12-24-53(52)60(54)58)63(46-19-9-6-10-20-46)49-33-41(3)30-42(4)34-49/h5-38H,1-4H3. The predicted molar refractivity (Wildman–Crippen MR) is 266 cm³/mol. The zero-order chi connectivity index (χ0) is 42.4. The van der Waals surface area contributed by atoms with Crippen molar-refractivity contribution in [1.29, 1.82) is 0 Å². The fourth-order valence-corrected chi connectivity index (χ4v) is 11.2. The molecule has 0 saturated carbocycles. The van der Waals surface area contributed by atoms with E-state index in [2.05, 4.69) is 244 Å². The van der Waals surface area contributed by atoms with E-state index in [1.165, 1.54) is 94.0 Å². The molecule has 0 radical (unpaired) electrons. The molecule has 2 aliphatic carbocycles. The molecule has 1 spiro atoms. The molecule has 0 bridgehead atoms. The first kappa shape index (κ1) is 37.1. The third kappa shape index (κ3) is 5.64. The van der Waals surface area contributed by atoms with E-state index in [9.17, 15) is 0 Å². The first-order valence-electron chi connectivity index (χ1n) is 22.1. The number of aryl methyl sites for hydroxylation is 4. The van der Waals surface area contributed by atoms with Gasteiger partial charge < -0.3 is 9.80 Å². The molecule has 0 N–H and O–H groups in total. The molecule has 0 aliphatic heterocycles. The maximum Gasteiger partial charge on any atom is 0.0726 e. The Morgan fingerprint density at radius 1 is 0.302 bits per heavy atom. The van der Waals surface area contributed by atoms with E-state index < -0.39 is 5.41 Å². The first-order valence-corrected chi connectivity index (χ1v) is 22.1. The van der Waals surface area contributed by atoms with Gasteiger partial charge in [-0.2, -0.15) is 0 Å². The number of hydrogen-bond acceptors (Lipinski definition) is 2. The number of rotatable bonds is 6. The number of benzene rings is 10. The molecule has 0 aromatic heterocycles. The van der Waals surface area contributed by atoms with Crippen LogP contribution in [-0.2, 0) is 5.41 Å². The van der Waals surface area contributed by atoms with Gasteiger partial charge in [-0.1, -0.05) is 127 Å². The van der Waals surface area contributed by atoms with Crippen molar-refractivity contribution in [2.45, 2.75) is 33.1 Å². The van der Waals surface area contributed by atoms with Gasteiger partial charge in [-0.25, -0.2) is 0 Å². The molecule has 10 aromatic rings. The number of nitrogens with zero attached hydrogens (tertiary/aromatic N) is 2. The molecule has 0 amide bonds. The Kier molecular flexibility index (Phi) is 8.36. The zero-order valence-corrected chi connectivity index (χ0v) is 36.0. The molecule has 2 nitrogen and oxygen atoms in total. The third-order valence-electron chi connectivity index (χ3n) is 13.5. The van der Waals surface area contributed by atoms with Crippen molar-refractivity contribution in [3.63, 3.8) is 0 Å². The topological polar surface area (TPSA) is 6.48 Å². The van der Waals surface area contributed by atoms with Gasteiger partial charge in [0, 0.05) is 33.8 Å². The van der Waals surface area contributed by atoms with Gasteiger partial charge in [0.25, 0.3) is 0 Å². The zero-order valence-electron chi connectivity index (χ0n) is 36.0. The minimum atomic E-state index is -0.557. The molecule has 2 aliphatic rings. The fourth-order valence-electron chi connectivity index (χ4n) is 11.2. The summed E-state index contributed by atoms with van der Waals surface area (Å²) in [5.41, 5.74) is 21.9. The van der Waals surface area contributed by atoms with Crippen LogP contribution in [0.1, 0.15) is 44.5 Å². The quantitative estimate of drug-likeness (QED) is 0.165. The van der Waals surface area contributed by atoms with E-state index in [0.29, 0.717) is 0 Å². The van der Waals surface area contributed by atoms with E-state index in [4.69, 9.17) is 0 Å². The average Bonchev–Trinajstić information content (AvgIpc) is 3.75. The van der Waals surface area contributed by atoms with Crippen molar-refractivity contribution >= 4 is 55.7 Å². The molecule has 0 fully saturated rings. The average molecular weight is 807 g/mol. The lowest BCUT2D eigenvalue weighted by molar-refractivity contribution is 0.795. The summed E-state index contributed by atoms with van der Waals surface area (Å²) in [6.07, 6.45) is 0. The second-order valence-corrected chi connectivity index (χ2v) is 17.7. The summed E-state index contributed by atoms with van der Waals surface area (Å²) in [6, 6.07) is 77.4. The van der Waals surface area contributed by atoms with Gasteiger partial charge in [-0.3, -0.25) is 0 Å². The summed E-state index contributed by atoms with van der Waals surface area (Å²) in [5.74, 6) is 0. The minimum Gasteiger partial charge on any atom is -0.310 e. The Morgan fingerprint density at radius 3 is 1.41 bits per heavy atom. The molecule has 12 rings (SSSR count). The second kappa shape index (κ2) is 14.2. The van der Waals surface area contributed by atoms with Crippen molar-refractivity contribution in [3.8, 4) is 22.3 Å². The normalized spacial score (nSPS) is 12.9. The lowest BCUT2D eigenvalue weighted by Gasteiger charge is -2.33. The number of anilines is 6. The summed E-state index contributed by atoms with van der Waals surface area (Å²) in [7, 11) is 0. The maximum absolute atomic E-state index is 2.55. The van der Waals surface area contributed by atoms with Gasteiger partial charge in [-0.15, -0.1) is 0 Å². The van der Waals surface area contributed by atoms with Gasteiger partial charge in [-0.05, 0) is 189 Å². The number of para-hydroxylation sites is 2. The Balaban J connectivity index is 1.18. The highest BCUT2D eigenvalue weighted by atomic mass is 15.1. The van der Waals surface area contributed by atoms with Crippen LogP contribution in [0, 0.1) is 27.7 Å². The van der Waals surface area contributed by atoms with E-state index >= 15 is 0 Å². The summed E-state index contributed by atoms with van der Waals surface area (Å²) in [4.78, 5) is 4.89. The highest BCUT2D eigenvalue weighted by Crippen LogP contribution is 2.65. The Hall–Kier alpha value is -7.68. The first-order chi connectivity index (χ1) is 30.9. The van der Waals surface area contributed by atoms with E-state index in [0.717, 1.165) is 28.4 Å². The third-order valence-corrected chi connectivity index (χ3v) is 13.5. The molecular formula is C61H46N2. The summed E-state index contributed by atoms with van der Waals surface area (Å²) in [5, 5.41) is 4.93. The second-order valence-electron chi connectivity index (χ2n) is 17.7. The van der Waals surface area contributed by atoms with Crippen LogP contribution in [-0.4, -0.2) is 0 Å². The molecule has 10 aromatic carbocycles. The van der Waals surface area contributed by atoms with Gasteiger partial charge in [0.15, 0.2) is 0 Å². The number of fused-ring (bicyclic) bond motifs is 13. The Labute approximate surface area is 370 Å². The maximum atomic E-state index is 2.55. The SMILES string of the molecule is Cc1cc(C)cc(N(c2ccccc2)c2ccc3cc4c(cc3c2)C2(c3ccccc3-c3ccccc32)c2cc(N(c3ccccc3)c3cc(C)cc(C)c3)c3ccccc3c2-4)c1. The van der Waals surface area contributed by atoms with Crippen LogP contribution in [0.2, 0.25) is 0 Å². The van der Waals surface area contributed by atoms with Crippen LogP contribution in [0.3, 0.4) is 0 Å². The largest absolute Gasteiger partial charge is 0.310 e. The molecule has 0 heterocycles. The highest BCUT2D eigenvalue weighted by Gasteiger charge is 2.52. The molecular weight excluding hydrogens is 761 g/mol. The van der Waals surface area contributed by atoms with Gasteiger partial charge >= 0.3 is 0 Å². The molecule has 0 saturated heterocycles. The van der Waals surface area contributed by atoms with Crippen LogP contribution < -0.4 is 9.80 Å². The summed E-state index contributed by atoms with van der Waals surface area (Å²) in [6.45, 7) is 8.78. The van der Waals surface area contributed by atoms with Crippen molar-refractivity contribution in [1.82, 2.24) is 0 Å². The monoisotopic (exact) mass is 806 g/mol. The van der Waals surface area contributed by atoms with Crippen molar-refractivity contribution in [2.75, 3.05) is 9.80 Å². The summed E-state index contributed by atoms with van der Waals surface area (Å²) >= 11 is 0. The highest BCUT2D eigenvalue weighted by molar-refractivity contribution is 6.13. The Bertz CT molecular complexity index is 3370. The van der Waals surface area contributed by atoms with E-state index in [1.807, 2.05) is 0 Å². The molecule has 0 atom stereocenters. The van der Waals surface area contributed by atoms with Crippen molar-refractivity contribution in [3.05, 3.63) is 251 Å². The lowest BCUT2D eigenvalue weighted by Crippen LogP contribution is -2.26. The fraction of sp³-hybridized carbons (Fsp3) is 0.0820. The summed E-state index contributed by atoms with van der Waals surface area (Å²) < 4.78 is 0. The van der Waals surface area contributed by atoms with Crippen molar-refractivity contribution < 1.29 is 0 Å². The van der Waals surface area contributed by atoms with Gasteiger partial charge in [0.05, 0.1) is 11.1 Å². The van der Waals surface area contributed by atoms with Crippen LogP contribution in [0.4, 0.5) is 34.1 Å². The van der Waals surface area contributed by atoms with Crippen LogP contribution in [0.25, 0.3) is 43.8 Å². The molecule has 63 heavy (non-hydrogen) atoms. The van der Waals surface area contributed by atoms with E-state index in [1.54, 1.807) is 0 Å². The van der Waals surface area contributed by atoms with E-state index in [-0.39, 0.29) is 0 Å². The number of hydrogen-bond donors (Lipinski definition) is 0.